The molecule has 2 rings (SSSR count). The Morgan fingerprint density at radius 1 is 1.47 bits per heavy atom. The smallest absolute Gasteiger partial charge is 0.192 e. The largest absolute Gasteiger partial charge is 0.489 e. The first-order chi connectivity index (χ1) is 8.72. The highest BCUT2D eigenvalue weighted by Gasteiger charge is 2.38. The van der Waals surface area contributed by atoms with E-state index in [-0.39, 0.29) is 11.0 Å². The molecule has 106 valence electrons. The molecule has 0 aromatic carbocycles. The van der Waals surface area contributed by atoms with Gasteiger partial charge in [0.05, 0.1) is 6.61 Å². The van der Waals surface area contributed by atoms with Crippen LogP contribution in [0.3, 0.4) is 0 Å². The van der Waals surface area contributed by atoms with Crippen LogP contribution in [-0.4, -0.2) is 26.5 Å². The van der Waals surface area contributed by atoms with Crippen LogP contribution in [0.1, 0.15) is 32.3 Å². The van der Waals surface area contributed by atoms with Gasteiger partial charge in [-0.3, -0.25) is 0 Å². The fraction of sp³-hybridized carbons (Fsp3) is 0.643. The SMILES string of the molecule is CC(C)(C)[Si](C)(C)OCC1COc2c1ccnc2N. The van der Waals surface area contributed by atoms with E-state index in [2.05, 4.69) is 38.8 Å². The van der Waals surface area contributed by atoms with Crippen LogP contribution in [0, 0.1) is 0 Å². The summed E-state index contributed by atoms with van der Waals surface area (Å²) in [6, 6.07) is 1.98. The number of nitrogens with zero attached hydrogens (tertiary/aromatic N) is 1. The normalized spacial score (nSPS) is 19.1. The summed E-state index contributed by atoms with van der Waals surface area (Å²) in [5, 5.41) is 0.229. The first-order valence-electron chi connectivity index (χ1n) is 6.73. The third-order valence-corrected chi connectivity index (χ3v) is 8.78. The molecule has 19 heavy (non-hydrogen) atoms. The maximum absolute atomic E-state index is 6.27. The molecule has 5 heteroatoms. The molecule has 0 fully saturated rings. The Balaban J connectivity index is 2.07. The average Bonchev–Trinajstić information content (AvgIpc) is 2.70. The summed E-state index contributed by atoms with van der Waals surface area (Å²) < 4.78 is 11.9. The predicted octanol–water partition coefficient (Wildman–Crippen LogP) is 3.16. The van der Waals surface area contributed by atoms with Crippen LogP contribution in [0.2, 0.25) is 18.1 Å². The lowest BCUT2D eigenvalue weighted by Crippen LogP contribution is -2.41. The molecule has 0 bridgehead atoms. The van der Waals surface area contributed by atoms with Gasteiger partial charge in [-0.05, 0) is 24.2 Å². The lowest BCUT2D eigenvalue weighted by molar-refractivity contribution is 0.232. The molecule has 4 nitrogen and oxygen atoms in total. The highest BCUT2D eigenvalue weighted by Crippen LogP contribution is 2.40. The monoisotopic (exact) mass is 280 g/mol. The summed E-state index contributed by atoms with van der Waals surface area (Å²) in [5.41, 5.74) is 6.95. The topological polar surface area (TPSA) is 57.4 Å². The number of nitrogen functional groups attached to an aromatic ring is 1. The maximum atomic E-state index is 6.27. The third kappa shape index (κ3) is 2.77. The van der Waals surface area contributed by atoms with E-state index in [0.29, 0.717) is 19.0 Å². The molecule has 2 N–H and O–H groups in total. The third-order valence-electron chi connectivity index (χ3n) is 4.28. The van der Waals surface area contributed by atoms with E-state index >= 15 is 0 Å². The minimum absolute atomic E-state index is 0.229. The zero-order valence-corrected chi connectivity index (χ0v) is 13.5. The predicted molar refractivity (Wildman–Crippen MR) is 80.0 cm³/mol. The molecule has 1 aliphatic rings. The Labute approximate surface area is 116 Å². The molecule has 0 aliphatic carbocycles. The standard InChI is InChI=1S/C14H24N2O2Si/c1-14(2,3)19(4,5)18-9-10-8-17-12-11(10)6-7-16-13(12)15/h6-7,10H,8-9H2,1-5H3,(H2,15,16). The Morgan fingerprint density at radius 3 is 2.79 bits per heavy atom. The van der Waals surface area contributed by atoms with E-state index < -0.39 is 8.32 Å². The number of nitrogens with two attached hydrogens (primary N) is 1. The van der Waals surface area contributed by atoms with E-state index in [9.17, 15) is 0 Å². The highest BCUT2D eigenvalue weighted by molar-refractivity contribution is 6.74. The van der Waals surface area contributed by atoms with Crippen LogP contribution in [0.4, 0.5) is 5.82 Å². The van der Waals surface area contributed by atoms with Crippen LogP contribution >= 0.6 is 0 Å². The van der Waals surface area contributed by atoms with Gasteiger partial charge in [-0.1, -0.05) is 20.8 Å². The molecule has 0 radical (unpaired) electrons. The quantitative estimate of drug-likeness (QED) is 0.864. The van der Waals surface area contributed by atoms with Crippen molar-refractivity contribution >= 4 is 14.1 Å². The zero-order valence-electron chi connectivity index (χ0n) is 12.5. The van der Waals surface area contributed by atoms with Crippen molar-refractivity contribution < 1.29 is 9.16 Å². The number of anilines is 1. The first-order valence-corrected chi connectivity index (χ1v) is 9.64. The highest BCUT2D eigenvalue weighted by atomic mass is 28.4. The number of pyridine rings is 1. The Hall–Kier alpha value is -1.07. The van der Waals surface area contributed by atoms with Crippen molar-refractivity contribution in [1.29, 1.82) is 0 Å². The van der Waals surface area contributed by atoms with Crippen LogP contribution in [0.25, 0.3) is 0 Å². The molecule has 1 aromatic rings. The van der Waals surface area contributed by atoms with Gasteiger partial charge in [-0.2, -0.15) is 0 Å². The molecule has 1 atom stereocenters. The second kappa shape index (κ2) is 4.79. The van der Waals surface area contributed by atoms with Crippen molar-refractivity contribution in [2.75, 3.05) is 18.9 Å². The first kappa shape index (κ1) is 14.3. The van der Waals surface area contributed by atoms with Gasteiger partial charge >= 0.3 is 0 Å². The number of hydrogen-bond acceptors (Lipinski definition) is 4. The van der Waals surface area contributed by atoms with Gasteiger partial charge in [0, 0.05) is 24.3 Å². The van der Waals surface area contributed by atoms with Gasteiger partial charge in [-0.25, -0.2) is 4.98 Å². The second-order valence-corrected chi connectivity index (χ2v) is 11.5. The van der Waals surface area contributed by atoms with Gasteiger partial charge in [0.2, 0.25) is 0 Å². The molecule has 2 heterocycles. The summed E-state index contributed by atoms with van der Waals surface area (Å²) >= 11 is 0. The molecule has 0 saturated carbocycles. The number of aromatic nitrogens is 1. The average molecular weight is 280 g/mol. The van der Waals surface area contributed by atoms with E-state index in [0.717, 1.165) is 11.3 Å². The summed E-state index contributed by atoms with van der Waals surface area (Å²) in [5.74, 6) is 1.49. The van der Waals surface area contributed by atoms with Crippen molar-refractivity contribution in [2.24, 2.45) is 0 Å². The van der Waals surface area contributed by atoms with E-state index in [1.807, 2.05) is 6.07 Å². The van der Waals surface area contributed by atoms with Gasteiger partial charge in [0.15, 0.2) is 19.9 Å². The Bertz CT molecular complexity index is 469. The summed E-state index contributed by atoms with van der Waals surface area (Å²) in [4.78, 5) is 4.05. The van der Waals surface area contributed by atoms with Crippen molar-refractivity contribution in [3.05, 3.63) is 17.8 Å². The summed E-state index contributed by atoms with van der Waals surface area (Å²) in [6.45, 7) is 12.6. The molecule has 0 amide bonds. The number of fused-ring (bicyclic) bond motifs is 1. The van der Waals surface area contributed by atoms with E-state index in [4.69, 9.17) is 14.9 Å². The zero-order chi connectivity index (χ0) is 14.3. The van der Waals surface area contributed by atoms with Crippen LogP contribution < -0.4 is 10.5 Å². The lowest BCUT2D eigenvalue weighted by atomic mass is 10.0. The number of ether oxygens (including phenoxy) is 1. The van der Waals surface area contributed by atoms with Crippen LogP contribution in [-0.2, 0) is 4.43 Å². The van der Waals surface area contributed by atoms with Crippen molar-refractivity contribution in [3.63, 3.8) is 0 Å². The fourth-order valence-corrected chi connectivity index (χ4v) is 2.95. The van der Waals surface area contributed by atoms with Crippen LogP contribution in [0.5, 0.6) is 5.75 Å². The fourth-order valence-electron chi connectivity index (χ4n) is 1.90. The summed E-state index contributed by atoms with van der Waals surface area (Å²) in [7, 11) is -1.71. The van der Waals surface area contributed by atoms with E-state index in [1.165, 1.54) is 0 Å². The Morgan fingerprint density at radius 2 is 2.16 bits per heavy atom. The molecule has 1 aliphatic heterocycles. The van der Waals surface area contributed by atoms with Gasteiger partial charge in [-0.15, -0.1) is 0 Å². The molecule has 0 spiro atoms. The molecule has 1 aromatic heterocycles. The molecule has 0 saturated heterocycles. The van der Waals surface area contributed by atoms with Gasteiger partial charge in [0.1, 0.15) is 0 Å². The number of hydrogen-bond donors (Lipinski definition) is 1. The van der Waals surface area contributed by atoms with Crippen LogP contribution in [0.15, 0.2) is 12.3 Å². The van der Waals surface area contributed by atoms with Gasteiger partial charge in [0.25, 0.3) is 0 Å². The minimum atomic E-state index is -1.71. The van der Waals surface area contributed by atoms with Gasteiger partial charge < -0.3 is 14.9 Å². The van der Waals surface area contributed by atoms with Crippen molar-refractivity contribution in [2.45, 2.75) is 44.8 Å². The minimum Gasteiger partial charge on any atom is -0.489 e. The van der Waals surface area contributed by atoms with Crippen molar-refractivity contribution in [3.8, 4) is 5.75 Å². The summed E-state index contributed by atoms with van der Waals surface area (Å²) in [6.07, 6.45) is 1.74. The molecular formula is C14H24N2O2Si. The van der Waals surface area contributed by atoms with E-state index in [1.54, 1.807) is 6.20 Å². The second-order valence-electron chi connectivity index (χ2n) is 6.69. The lowest BCUT2D eigenvalue weighted by Gasteiger charge is -2.36. The maximum Gasteiger partial charge on any atom is 0.192 e. The molecule has 1 unspecified atom stereocenters. The van der Waals surface area contributed by atoms with Crippen molar-refractivity contribution in [1.82, 2.24) is 4.98 Å². The Kier molecular flexibility index (Phi) is 3.62. The molecular weight excluding hydrogens is 256 g/mol. The number of rotatable bonds is 3.